The van der Waals surface area contributed by atoms with E-state index in [-0.39, 0.29) is 17.8 Å². The van der Waals surface area contributed by atoms with Crippen molar-refractivity contribution in [3.05, 3.63) is 28.8 Å². The van der Waals surface area contributed by atoms with Gasteiger partial charge < -0.3 is 14.4 Å². The quantitative estimate of drug-likeness (QED) is 0.801. The summed E-state index contributed by atoms with van der Waals surface area (Å²) in [7, 11) is 1.63. The molecule has 5 heteroatoms. The van der Waals surface area contributed by atoms with Gasteiger partial charge >= 0.3 is 5.97 Å². The number of esters is 1. The van der Waals surface area contributed by atoms with Crippen molar-refractivity contribution in [3.8, 4) is 5.75 Å². The average Bonchev–Trinajstić information content (AvgIpc) is 2.57. The second-order valence-electron chi connectivity index (χ2n) is 5.88. The van der Waals surface area contributed by atoms with Gasteiger partial charge in [-0.1, -0.05) is 0 Å². The summed E-state index contributed by atoms with van der Waals surface area (Å²) in [6.45, 7) is 7.29. The SMILES string of the molecule is CCOC(=O)C1CCN(C(=O)c2ccc(OC)c(C)c2C)CC1. The molecule has 0 bridgehead atoms. The van der Waals surface area contributed by atoms with Crippen LogP contribution in [0, 0.1) is 19.8 Å². The molecule has 126 valence electrons. The fourth-order valence-corrected chi connectivity index (χ4v) is 3.00. The van der Waals surface area contributed by atoms with Crippen molar-refractivity contribution in [3.63, 3.8) is 0 Å². The standard InChI is InChI=1S/C18H25NO4/c1-5-23-18(21)14-8-10-19(11-9-14)17(20)15-6-7-16(22-4)13(3)12(15)2/h6-7,14H,5,8-11H2,1-4H3. The van der Waals surface area contributed by atoms with Crippen molar-refractivity contribution in [1.29, 1.82) is 0 Å². The summed E-state index contributed by atoms with van der Waals surface area (Å²) in [5.41, 5.74) is 2.64. The van der Waals surface area contributed by atoms with Crippen LogP contribution in [0.2, 0.25) is 0 Å². The first-order valence-corrected chi connectivity index (χ1v) is 8.09. The fourth-order valence-electron chi connectivity index (χ4n) is 3.00. The predicted molar refractivity (Wildman–Crippen MR) is 87.7 cm³/mol. The molecule has 1 saturated heterocycles. The number of rotatable bonds is 4. The van der Waals surface area contributed by atoms with Crippen LogP contribution in [0.15, 0.2) is 12.1 Å². The number of benzene rings is 1. The maximum absolute atomic E-state index is 12.7. The van der Waals surface area contributed by atoms with E-state index in [0.29, 0.717) is 38.1 Å². The second-order valence-corrected chi connectivity index (χ2v) is 5.88. The van der Waals surface area contributed by atoms with Crippen LogP contribution in [0.1, 0.15) is 41.3 Å². The Morgan fingerprint density at radius 1 is 1.17 bits per heavy atom. The molecule has 1 fully saturated rings. The minimum atomic E-state index is -0.143. The van der Waals surface area contributed by atoms with Gasteiger partial charge in [-0.2, -0.15) is 0 Å². The number of hydrogen-bond acceptors (Lipinski definition) is 4. The molecule has 1 aliphatic heterocycles. The number of amides is 1. The Hall–Kier alpha value is -2.04. The van der Waals surface area contributed by atoms with Crippen LogP contribution in [0.5, 0.6) is 5.75 Å². The molecule has 0 atom stereocenters. The molecular formula is C18H25NO4. The first kappa shape index (κ1) is 17.3. The van der Waals surface area contributed by atoms with Gasteiger partial charge in [-0.3, -0.25) is 9.59 Å². The van der Waals surface area contributed by atoms with Crippen molar-refractivity contribution in [1.82, 2.24) is 4.90 Å². The van der Waals surface area contributed by atoms with Gasteiger partial charge in [0, 0.05) is 18.7 Å². The molecule has 23 heavy (non-hydrogen) atoms. The largest absolute Gasteiger partial charge is 0.496 e. The number of methoxy groups -OCH3 is 1. The van der Waals surface area contributed by atoms with Gasteiger partial charge in [-0.25, -0.2) is 0 Å². The maximum Gasteiger partial charge on any atom is 0.309 e. The number of piperidine rings is 1. The lowest BCUT2D eigenvalue weighted by Crippen LogP contribution is -2.41. The minimum absolute atomic E-state index is 0.0237. The number of nitrogens with zero attached hydrogens (tertiary/aromatic N) is 1. The normalized spacial score (nSPS) is 15.4. The topological polar surface area (TPSA) is 55.8 Å². The lowest BCUT2D eigenvalue weighted by molar-refractivity contribution is -0.149. The smallest absolute Gasteiger partial charge is 0.309 e. The van der Waals surface area contributed by atoms with Gasteiger partial charge in [0.05, 0.1) is 19.6 Å². The van der Waals surface area contributed by atoms with Gasteiger partial charge in [-0.05, 0) is 56.9 Å². The Morgan fingerprint density at radius 3 is 2.39 bits per heavy atom. The van der Waals surface area contributed by atoms with Crippen molar-refractivity contribution >= 4 is 11.9 Å². The third kappa shape index (κ3) is 3.66. The maximum atomic E-state index is 12.7. The highest BCUT2D eigenvalue weighted by molar-refractivity contribution is 5.96. The van der Waals surface area contributed by atoms with E-state index in [9.17, 15) is 9.59 Å². The van der Waals surface area contributed by atoms with Crippen LogP contribution >= 0.6 is 0 Å². The summed E-state index contributed by atoms with van der Waals surface area (Å²) >= 11 is 0. The molecule has 0 aliphatic carbocycles. The van der Waals surface area contributed by atoms with Gasteiger partial charge in [-0.15, -0.1) is 0 Å². The van der Waals surface area contributed by atoms with Crippen molar-refractivity contribution < 1.29 is 19.1 Å². The molecule has 1 aromatic rings. The van der Waals surface area contributed by atoms with Crippen LogP contribution in [-0.2, 0) is 9.53 Å². The lowest BCUT2D eigenvalue weighted by atomic mass is 9.95. The van der Waals surface area contributed by atoms with Gasteiger partial charge in [0.15, 0.2) is 0 Å². The highest BCUT2D eigenvalue weighted by Crippen LogP contribution is 2.26. The molecule has 1 aromatic carbocycles. The van der Waals surface area contributed by atoms with Crippen LogP contribution in [0.3, 0.4) is 0 Å². The zero-order valence-electron chi connectivity index (χ0n) is 14.3. The molecule has 0 N–H and O–H groups in total. The molecule has 5 nitrogen and oxygen atoms in total. The molecule has 0 saturated carbocycles. The number of hydrogen-bond donors (Lipinski definition) is 0. The zero-order chi connectivity index (χ0) is 17.0. The van der Waals surface area contributed by atoms with Crippen LogP contribution in [-0.4, -0.2) is 43.6 Å². The number of ether oxygens (including phenoxy) is 2. The summed E-state index contributed by atoms with van der Waals surface area (Å²) in [5.74, 6) is 0.587. The van der Waals surface area contributed by atoms with Gasteiger partial charge in [0.25, 0.3) is 5.91 Å². The molecule has 2 rings (SSSR count). The van der Waals surface area contributed by atoms with Crippen LogP contribution in [0.25, 0.3) is 0 Å². The number of carbonyl (C=O) groups excluding carboxylic acids is 2. The summed E-state index contributed by atoms with van der Waals surface area (Å²) in [4.78, 5) is 26.3. The third-order valence-electron chi connectivity index (χ3n) is 4.59. The molecule has 0 radical (unpaired) electrons. The van der Waals surface area contributed by atoms with E-state index in [2.05, 4.69) is 0 Å². The third-order valence-corrected chi connectivity index (χ3v) is 4.59. The van der Waals surface area contributed by atoms with Crippen LogP contribution < -0.4 is 4.74 Å². The number of carbonyl (C=O) groups is 2. The first-order valence-electron chi connectivity index (χ1n) is 8.09. The summed E-state index contributed by atoms with van der Waals surface area (Å²) < 4.78 is 10.4. The average molecular weight is 319 g/mol. The van der Waals surface area contributed by atoms with Crippen molar-refractivity contribution in [2.75, 3.05) is 26.8 Å². The lowest BCUT2D eigenvalue weighted by Gasteiger charge is -2.31. The molecule has 0 unspecified atom stereocenters. The van der Waals surface area contributed by atoms with E-state index < -0.39 is 0 Å². The number of likely N-dealkylation sites (tertiary alicyclic amines) is 1. The summed E-state index contributed by atoms with van der Waals surface area (Å²) in [6.07, 6.45) is 1.33. The zero-order valence-corrected chi connectivity index (χ0v) is 14.3. The Kier molecular flexibility index (Phi) is 5.64. The monoisotopic (exact) mass is 319 g/mol. The van der Waals surface area contributed by atoms with Crippen LogP contribution in [0.4, 0.5) is 0 Å². The summed E-state index contributed by atoms with van der Waals surface area (Å²) in [5, 5.41) is 0. The van der Waals surface area contributed by atoms with E-state index in [0.717, 1.165) is 16.9 Å². The molecule has 1 amide bonds. The second kappa shape index (κ2) is 7.49. The predicted octanol–water partition coefficient (Wildman–Crippen LogP) is 2.73. The van der Waals surface area contributed by atoms with Gasteiger partial charge in [0.1, 0.15) is 5.75 Å². The molecular weight excluding hydrogens is 294 g/mol. The molecule has 0 spiro atoms. The molecule has 0 aromatic heterocycles. The van der Waals surface area contributed by atoms with E-state index in [1.807, 2.05) is 37.8 Å². The van der Waals surface area contributed by atoms with Crippen molar-refractivity contribution in [2.24, 2.45) is 5.92 Å². The van der Waals surface area contributed by atoms with E-state index in [1.54, 1.807) is 7.11 Å². The van der Waals surface area contributed by atoms with Crippen molar-refractivity contribution in [2.45, 2.75) is 33.6 Å². The first-order chi connectivity index (χ1) is 11.0. The van der Waals surface area contributed by atoms with E-state index >= 15 is 0 Å². The molecule has 1 heterocycles. The minimum Gasteiger partial charge on any atom is -0.496 e. The van der Waals surface area contributed by atoms with Gasteiger partial charge in [0.2, 0.25) is 0 Å². The Bertz CT molecular complexity index is 589. The summed E-state index contributed by atoms with van der Waals surface area (Å²) in [6, 6.07) is 3.65. The molecule has 1 aliphatic rings. The highest BCUT2D eigenvalue weighted by atomic mass is 16.5. The Balaban J connectivity index is 2.06. The Labute approximate surface area is 137 Å². The Morgan fingerprint density at radius 2 is 1.83 bits per heavy atom. The fraction of sp³-hybridized carbons (Fsp3) is 0.556. The van der Waals surface area contributed by atoms with E-state index in [4.69, 9.17) is 9.47 Å². The van der Waals surface area contributed by atoms with E-state index in [1.165, 1.54) is 0 Å². The highest BCUT2D eigenvalue weighted by Gasteiger charge is 2.29.